The van der Waals surface area contributed by atoms with Crippen LogP contribution in [0.25, 0.3) is 5.76 Å². The Kier molecular flexibility index (Phi) is 7.10. The minimum Gasteiger partial charge on any atom is -0.508 e. The number of ketones is 1. The lowest BCUT2D eigenvalue weighted by molar-refractivity contribution is -0.140. The number of methoxy groups -OCH3 is 1. The van der Waals surface area contributed by atoms with E-state index in [1.807, 2.05) is 0 Å². The number of phenolic OH excluding ortho intramolecular Hbond substituents is 1. The third-order valence-electron chi connectivity index (χ3n) is 4.99. The number of hydrogen-bond donors (Lipinski definition) is 2. The molecular formula is C24H25NO6. The van der Waals surface area contributed by atoms with Crippen LogP contribution < -0.4 is 4.74 Å². The number of carbonyl (C=O) groups excluding carboxylic acids is 2. The zero-order valence-electron chi connectivity index (χ0n) is 17.3. The number of aliphatic hydroxyl groups is 1. The van der Waals surface area contributed by atoms with Gasteiger partial charge < -0.3 is 24.6 Å². The number of amides is 1. The normalized spacial score (nSPS) is 17.7. The molecule has 0 spiro atoms. The Morgan fingerprint density at radius 2 is 1.81 bits per heavy atom. The van der Waals surface area contributed by atoms with Gasteiger partial charge in [0.1, 0.15) is 23.9 Å². The lowest BCUT2D eigenvalue weighted by Gasteiger charge is -2.25. The molecule has 2 N–H and O–H groups in total. The van der Waals surface area contributed by atoms with Crippen LogP contribution in [0.3, 0.4) is 0 Å². The number of ether oxygens (including phenoxy) is 2. The predicted molar refractivity (Wildman–Crippen MR) is 116 cm³/mol. The van der Waals surface area contributed by atoms with Crippen molar-refractivity contribution in [2.24, 2.45) is 0 Å². The number of benzene rings is 2. The lowest BCUT2D eigenvalue weighted by Crippen LogP contribution is -2.31. The molecule has 0 unspecified atom stereocenters. The highest BCUT2D eigenvalue weighted by molar-refractivity contribution is 6.46. The third kappa shape index (κ3) is 4.78. The Labute approximate surface area is 180 Å². The smallest absolute Gasteiger partial charge is 0.295 e. The molecule has 0 saturated carbocycles. The van der Waals surface area contributed by atoms with E-state index in [0.29, 0.717) is 36.5 Å². The van der Waals surface area contributed by atoms with Crippen molar-refractivity contribution in [1.82, 2.24) is 4.90 Å². The molecule has 1 heterocycles. The number of phenols is 1. The van der Waals surface area contributed by atoms with Gasteiger partial charge in [-0.2, -0.15) is 0 Å². The molecule has 0 aliphatic carbocycles. The third-order valence-corrected chi connectivity index (χ3v) is 4.99. The number of aliphatic hydroxyl groups excluding tert-OH is 1. The van der Waals surface area contributed by atoms with Gasteiger partial charge in [-0.1, -0.05) is 24.8 Å². The number of likely N-dealkylation sites (tertiary alicyclic amines) is 1. The first-order valence-electron chi connectivity index (χ1n) is 9.88. The average Bonchev–Trinajstić information content (AvgIpc) is 3.03. The van der Waals surface area contributed by atoms with E-state index in [9.17, 15) is 19.8 Å². The zero-order valence-corrected chi connectivity index (χ0v) is 17.3. The number of rotatable bonds is 9. The molecule has 1 saturated heterocycles. The maximum atomic E-state index is 12.9. The van der Waals surface area contributed by atoms with Crippen molar-refractivity contribution in [1.29, 1.82) is 0 Å². The molecule has 0 aromatic heterocycles. The maximum absolute atomic E-state index is 12.9. The Morgan fingerprint density at radius 1 is 1.13 bits per heavy atom. The number of carbonyl (C=O) groups is 2. The molecule has 1 amide bonds. The van der Waals surface area contributed by atoms with Crippen LogP contribution >= 0.6 is 0 Å². The number of Topliss-reactive ketones (excluding diaryl/α,β-unsaturated/α-hetero) is 1. The van der Waals surface area contributed by atoms with E-state index in [-0.39, 0.29) is 23.6 Å². The van der Waals surface area contributed by atoms with E-state index in [2.05, 4.69) is 6.58 Å². The van der Waals surface area contributed by atoms with Crippen LogP contribution in [0.1, 0.15) is 23.6 Å². The highest BCUT2D eigenvalue weighted by atomic mass is 16.5. The minimum atomic E-state index is -0.769. The summed E-state index contributed by atoms with van der Waals surface area (Å²) >= 11 is 0. The molecule has 7 nitrogen and oxygen atoms in total. The van der Waals surface area contributed by atoms with Crippen molar-refractivity contribution in [2.75, 3.05) is 26.9 Å². The molecule has 3 rings (SSSR count). The van der Waals surface area contributed by atoms with Gasteiger partial charge in [0.05, 0.1) is 11.6 Å². The van der Waals surface area contributed by atoms with Crippen molar-refractivity contribution in [3.05, 3.63) is 77.9 Å². The summed E-state index contributed by atoms with van der Waals surface area (Å²) in [6.07, 6.45) is 2.16. The van der Waals surface area contributed by atoms with E-state index in [1.54, 1.807) is 49.6 Å². The van der Waals surface area contributed by atoms with E-state index >= 15 is 0 Å². The van der Waals surface area contributed by atoms with Gasteiger partial charge >= 0.3 is 0 Å². The highest BCUT2D eigenvalue weighted by Crippen LogP contribution is 2.40. The summed E-state index contributed by atoms with van der Waals surface area (Å²) in [7, 11) is 1.56. The number of nitrogens with zero attached hydrogens (tertiary/aromatic N) is 1. The number of aromatic hydroxyl groups is 1. The van der Waals surface area contributed by atoms with Gasteiger partial charge in [0.2, 0.25) is 0 Å². The monoisotopic (exact) mass is 423 g/mol. The lowest BCUT2D eigenvalue weighted by atomic mass is 9.95. The first-order valence-corrected chi connectivity index (χ1v) is 9.88. The van der Waals surface area contributed by atoms with Crippen LogP contribution in [0.15, 0.2) is 66.8 Å². The molecule has 2 aromatic rings. The average molecular weight is 423 g/mol. The summed E-state index contributed by atoms with van der Waals surface area (Å²) in [5, 5.41) is 20.6. The van der Waals surface area contributed by atoms with Crippen LogP contribution in [0.2, 0.25) is 0 Å². The zero-order chi connectivity index (χ0) is 22.4. The first-order chi connectivity index (χ1) is 15.0. The summed E-state index contributed by atoms with van der Waals surface area (Å²) in [4.78, 5) is 27.1. The minimum absolute atomic E-state index is 0.00728. The molecule has 31 heavy (non-hydrogen) atoms. The van der Waals surface area contributed by atoms with Crippen LogP contribution in [0, 0.1) is 0 Å². The van der Waals surface area contributed by atoms with E-state index in [1.165, 1.54) is 17.0 Å². The summed E-state index contributed by atoms with van der Waals surface area (Å²) in [5.74, 6) is -1.04. The van der Waals surface area contributed by atoms with Gasteiger partial charge in [0.15, 0.2) is 0 Å². The molecule has 162 valence electrons. The Bertz CT molecular complexity index is 978. The first kappa shape index (κ1) is 22.1. The molecule has 7 heteroatoms. The second-order valence-electron chi connectivity index (χ2n) is 7.05. The summed E-state index contributed by atoms with van der Waals surface area (Å²) in [6.45, 7) is 4.66. The molecule has 1 atom stereocenters. The van der Waals surface area contributed by atoms with Crippen LogP contribution in [-0.2, 0) is 14.3 Å². The van der Waals surface area contributed by atoms with Gasteiger partial charge in [0, 0.05) is 25.8 Å². The van der Waals surface area contributed by atoms with Crippen molar-refractivity contribution in [2.45, 2.75) is 12.5 Å². The van der Waals surface area contributed by atoms with E-state index < -0.39 is 17.7 Å². The molecule has 1 aliphatic heterocycles. The van der Waals surface area contributed by atoms with Crippen molar-refractivity contribution in [3.63, 3.8) is 0 Å². The van der Waals surface area contributed by atoms with Gasteiger partial charge in [0.25, 0.3) is 11.7 Å². The molecule has 0 bridgehead atoms. The fourth-order valence-corrected chi connectivity index (χ4v) is 3.51. The number of hydrogen-bond acceptors (Lipinski definition) is 6. The standard InChI is InChI=1S/C24H25NO6/c1-3-14-31-19-11-7-17(8-12-19)22(27)20-21(16-5-9-18(26)10-6-16)25(13-4-15-30-2)24(29)23(20)28/h3,5-12,21,26-27H,1,4,13-15H2,2H3/t21-/m1/s1. The Morgan fingerprint density at radius 3 is 2.42 bits per heavy atom. The predicted octanol–water partition coefficient (Wildman–Crippen LogP) is 3.42. The SMILES string of the molecule is C=CCOc1ccc(C(O)=C2C(=O)C(=O)N(CCCOC)[C@@H]2c2ccc(O)cc2)cc1. The van der Waals surface area contributed by atoms with Crippen LogP contribution in [0.5, 0.6) is 11.5 Å². The Hall–Kier alpha value is -3.58. The van der Waals surface area contributed by atoms with Crippen LogP contribution in [0.4, 0.5) is 0 Å². The maximum Gasteiger partial charge on any atom is 0.295 e. The van der Waals surface area contributed by atoms with Gasteiger partial charge in [-0.3, -0.25) is 9.59 Å². The Balaban J connectivity index is 2.03. The summed E-state index contributed by atoms with van der Waals surface area (Å²) in [5.41, 5.74) is 1.01. The molecule has 1 fully saturated rings. The van der Waals surface area contributed by atoms with Crippen LogP contribution in [-0.4, -0.2) is 53.7 Å². The fraction of sp³-hybridized carbons (Fsp3) is 0.250. The van der Waals surface area contributed by atoms with Gasteiger partial charge in [-0.25, -0.2) is 0 Å². The molecule has 0 radical (unpaired) electrons. The van der Waals surface area contributed by atoms with E-state index in [4.69, 9.17) is 9.47 Å². The second-order valence-corrected chi connectivity index (χ2v) is 7.05. The summed E-state index contributed by atoms with van der Waals surface area (Å²) < 4.78 is 10.5. The van der Waals surface area contributed by atoms with Crippen molar-refractivity contribution >= 4 is 17.4 Å². The fourth-order valence-electron chi connectivity index (χ4n) is 3.51. The van der Waals surface area contributed by atoms with Gasteiger partial charge in [-0.05, 0) is 48.4 Å². The largest absolute Gasteiger partial charge is 0.508 e. The second kappa shape index (κ2) is 9.95. The van der Waals surface area contributed by atoms with E-state index in [0.717, 1.165) is 0 Å². The quantitative estimate of drug-likeness (QED) is 0.211. The van der Waals surface area contributed by atoms with Crippen molar-refractivity contribution in [3.8, 4) is 11.5 Å². The molecular weight excluding hydrogens is 398 g/mol. The van der Waals surface area contributed by atoms with Gasteiger partial charge in [-0.15, -0.1) is 0 Å². The molecule has 2 aromatic carbocycles. The summed E-state index contributed by atoms with van der Waals surface area (Å²) in [6, 6.07) is 12.1. The van der Waals surface area contributed by atoms with Crippen molar-refractivity contribution < 1.29 is 29.3 Å². The molecule has 1 aliphatic rings. The topological polar surface area (TPSA) is 96.3 Å². The highest BCUT2D eigenvalue weighted by Gasteiger charge is 2.45.